The van der Waals surface area contributed by atoms with Gasteiger partial charge in [0.05, 0.1) is 19.0 Å². The van der Waals surface area contributed by atoms with Gasteiger partial charge in [-0.05, 0) is 42.0 Å². The molecule has 0 unspecified atom stereocenters. The maximum absolute atomic E-state index is 5.11. The van der Waals surface area contributed by atoms with E-state index in [1.165, 1.54) is 0 Å². The topological polar surface area (TPSA) is 46.5 Å². The first kappa shape index (κ1) is 13.1. The zero-order chi connectivity index (χ0) is 14.5. The number of ether oxygens (including phenoxy) is 1. The molecular weight excluding hydrogens is 262 g/mol. The Bertz CT molecular complexity index is 692. The highest BCUT2D eigenvalue weighted by atomic mass is 16.5. The molecule has 0 spiro atoms. The van der Waals surface area contributed by atoms with E-state index < -0.39 is 0 Å². The molecule has 4 nitrogen and oxygen atoms in total. The summed E-state index contributed by atoms with van der Waals surface area (Å²) in [6.07, 6.45) is 1.75. The number of anilines is 1. The van der Waals surface area contributed by atoms with Gasteiger partial charge < -0.3 is 4.74 Å². The minimum atomic E-state index is 0.737. The third kappa shape index (κ3) is 3.17. The Kier molecular flexibility index (Phi) is 3.78. The van der Waals surface area contributed by atoms with Crippen LogP contribution in [-0.2, 0) is 0 Å². The Morgan fingerprint density at radius 1 is 1.05 bits per heavy atom. The Balaban J connectivity index is 1.71. The van der Waals surface area contributed by atoms with Crippen molar-refractivity contribution in [3.05, 3.63) is 66.2 Å². The Hall–Kier alpha value is -2.88. The summed E-state index contributed by atoms with van der Waals surface area (Å²) in [5, 5.41) is 4.20. The summed E-state index contributed by atoms with van der Waals surface area (Å²) < 4.78 is 5.11. The molecule has 1 aliphatic heterocycles. The maximum atomic E-state index is 5.11. The van der Waals surface area contributed by atoms with Crippen LogP contribution in [0.3, 0.4) is 0 Å². The smallest absolute Gasteiger partial charge is 0.147 e. The molecule has 1 aliphatic carbocycles. The molecule has 0 aromatic heterocycles. The Morgan fingerprint density at radius 2 is 1.86 bits per heavy atom. The lowest BCUT2D eigenvalue weighted by Gasteiger charge is -1.98. The average Bonchev–Trinajstić information content (AvgIpc) is 2.77. The third-order valence-electron chi connectivity index (χ3n) is 3.09. The zero-order valence-electron chi connectivity index (χ0n) is 11.7. The van der Waals surface area contributed by atoms with Gasteiger partial charge in [0.15, 0.2) is 0 Å². The summed E-state index contributed by atoms with van der Waals surface area (Å²) in [4.78, 5) is 4.47. The summed E-state index contributed by atoms with van der Waals surface area (Å²) >= 11 is 0. The molecule has 0 saturated carbocycles. The second-order valence-corrected chi connectivity index (χ2v) is 4.54. The summed E-state index contributed by atoms with van der Waals surface area (Å²) in [7, 11) is 1.65. The van der Waals surface area contributed by atoms with Crippen LogP contribution in [0.2, 0.25) is 0 Å². The quantitative estimate of drug-likeness (QED) is 0.585. The van der Waals surface area contributed by atoms with Crippen LogP contribution >= 0.6 is 0 Å². The number of fused-ring (bicyclic) bond motifs is 1. The van der Waals surface area contributed by atoms with Crippen LogP contribution < -0.4 is 10.2 Å². The van der Waals surface area contributed by atoms with Crippen molar-refractivity contribution in [2.24, 2.45) is 5.10 Å². The first-order valence-corrected chi connectivity index (χ1v) is 6.64. The standard InChI is InChI=1S/C17H15N3O/c1-21-15-9-7-13(8-10-15)12-18-20-17-11-14-5-3-2-4-6-16(14)19-17/h2-12H,1H3,(H,19,20)/b18-12+. The molecular formula is C17H15N3O. The first-order chi connectivity index (χ1) is 10.3. The number of aromatic nitrogens is 1. The van der Waals surface area contributed by atoms with Crippen molar-refractivity contribution in [3.8, 4) is 17.0 Å². The zero-order valence-corrected chi connectivity index (χ0v) is 11.7. The van der Waals surface area contributed by atoms with E-state index in [-0.39, 0.29) is 0 Å². The van der Waals surface area contributed by atoms with Crippen molar-refractivity contribution in [1.29, 1.82) is 0 Å². The number of benzene rings is 1. The predicted octanol–water partition coefficient (Wildman–Crippen LogP) is 3.64. The first-order valence-electron chi connectivity index (χ1n) is 6.64. The van der Waals surface area contributed by atoms with Gasteiger partial charge in [0.25, 0.3) is 0 Å². The molecule has 21 heavy (non-hydrogen) atoms. The van der Waals surface area contributed by atoms with Crippen LogP contribution in [-0.4, -0.2) is 18.3 Å². The van der Waals surface area contributed by atoms with Gasteiger partial charge in [-0.2, -0.15) is 5.10 Å². The molecule has 1 aromatic rings. The highest BCUT2D eigenvalue weighted by Gasteiger charge is 2.05. The van der Waals surface area contributed by atoms with E-state index in [4.69, 9.17) is 4.74 Å². The molecule has 4 heteroatoms. The molecule has 0 atom stereocenters. The highest BCUT2D eigenvalue weighted by molar-refractivity contribution is 5.80. The third-order valence-corrected chi connectivity index (χ3v) is 3.09. The van der Waals surface area contributed by atoms with E-state index in [9.17, 15) is 0 Å². The molecule has 1 N–H and O–H groups in total. The van der Waals surface area contributed by atoms with Gasteiger partial charge in [-0.1, -0.05) is 24.3 Å². The lowest BCUT2D eigenvalue weighted by Crippen LogP contribution is -1.90. The Morgan fingerprint density at radius 3 is 2.67 bits per heavy atom. The van der Waals surface area contributed by atoms with Crippen LogP contribution in [0.25, 0.3) is 11.3 Å². The Labute approximate surface area is 123 Å². The van der Waals surface area contributed by atoms with Gasteiger partial charge in [-0.3, -0.25) is 5.43 Å². The fourth-order valence-corrected chi connectivity index (χ4v) is 2.01. The fourth-order valence-electron chi connectivity index (χ4n) is 2.01. The van der Waals surface area contributed by atoms with E-state index in [2.05, 4.69) is 15.5 Å². The van der Waals surface area contributed by atoms with Gasteiger partial charge in [-0.15, -0.1) is 0 Å². The summed E-state index contributed by atoms with van der Waals surface area (Å²) in [5.74, 6) is 1.57. The number of hydrazone groups is 1. The molecule has 0 fully saturated rings. The van der Waals surface area contributed by atoms with Gasteiger partial charge >= 0.3 is 0 Å². The molecule has 0 radical (unpaired) electrons. The number of hydrogen-bond acceptors (Lipinski definition) is 4. The SMILES string of the molecule is COc1ccc(/C=N/Nc2cc3cccccc-3n2)cc1. The molecule has 1 heterocycles. The van der Waals surface area contributed by atoms with Gasteiger partial charge in [-0.25, -0.2) is 4.98 Å². The fraction of sp³-hybridized carbons (Fsp3) is 0.0588. The van der Waals surface area contributed by atoms with Gasteiger partial charge in [0.1, 0.15) is 11.6 Å². The molecule has 3 rings (SSSR count). The van der Waals surface area contributed by atoms with Crippen molar-refractivity contribution in [1.82, 2.24) is 4.98 Å². The molecule has 1 aromatic carbocycles. The minimum absolute atomic E-state index is 0.737. The average molecular weight is 277 g/mol. The van der Waals surface area contributed by atoms with Crippen molar-refractivity contribution in [3.63, 3.8) is 0 Å². The van der Waals surface area contributed by atoms with Crippen LogP contribution in [0.1, 0.15) is 5.56 Å². The number of rotatable bonds is 4. The largest absolute Gasteiger partial charge is 0.497 e. The number of nitrogens with one attached hydrogen (secondary N) is 1. The summed E-state index contributed by atoms with van der Waals surface area (Å²) in [6, 6.07) is 19.6. The minimum Gasteiger partial charge on any atom is -0.497 e. The maximum Gasteiger partial charge on any atom is 0.147 e. The highest BCUT2D eigenvalue weighted by Crippen LogP contribution is 2.23. The molecule has 0 bridgehead atoms. The monoisotopic (exact) mass is 277 g/mol. The van der Waals surface area contributed by atoms with Crippen molar-refractivity contribution in [2.75, 3.05) is 12.5 Å². The second kappa shape index (κ2) is 6.05. The van der Waals surface area contributed by atoms with E-state index in [0.717, 1.165) is 28.4 Å². The number of nitrogens with zero attached hydrogens (tertiary/aromatic N) is 2. The molecule has 2 aliphatic rings. The van der Waals surface area contributed by atoms with E-state index in [0.29, 0.717) is 0 Å². The lowest BCUT2D eigenvalue weighted by atomic mass is 10.2. The summed E-state index contributed by atoms with van der Waals surface area (Å²) in [5.41, 5.74) is 5.97. The summed E-state index contributed by atoms with van der Waals surface area (Å²) in [6.45, 7) is 0. The van der Waals surface area contributed by atoms with Crippen molar-refractivity contribution < 1.29 is 4.74 Å². The van der Waals surface area contributed by atoms with E-state index >= 15 is 0 Å². The van der Waals surface area contributed by atoms with Crippen molar-refractivity contribution >= 4 is 12.0 Å². The van der Waals surface area contributed by atoms with Crippen LogP contribution in [0.4, 0.5) is 5.82 Å². The van der Waals surface area contributed by atoms with Crippen molar-refractivity contribution in [2.45, 2.75) is 0 Å². The predicted molar refractivity (Wildman–Crippen MR) is 85.1 cm³/mol. The molecule has 104 valence electrons. The normalized spacial score (nSPS) is 10.9. The van der Waals surface area contributed by atoms with Gasteiger partial charge in [0.2, 0.25) is 0 Å². The van der Waals surface area contributed by atoms with Crippen LogP contribution in [0.5, 0.6) is 5.75 Å². The second-order valence-electron chi connectivity index (χ2n) is 4.54. The molecule has 0 saturated heterocycles. The molecule has 0 amide bonds. The lowest BCUT2D eigenvalue weighted by molar-refractivity contribution is 0.415. The van der Waals surface area contributed by atoms with Gasteiger partial charge in [0, 0.05) is 5.56 Å². The van der Waals surface area contributed by atoms with E-state index in [1.807, 2.05) is 60.7 Å². The van der Waals surface area contributed by atoms with Crippen LogP contribution in [0, 0.1) is 0 Å². The number of methoxy groups -OCH3 is 1. The van der Waals surface area contributed by atoms with Crippen LogP contribution in [0.15, 0.2) is 65.8 Å². The van der Waals surface area contributed by atoms with E-state index in [1.54, 1.807) is 13.3 Å². The number of hydrogen-bond donors (Lipinski definition) is 1.